The van der Waals surface area contributed by atoms with E-state index in [-0.39, 0.29) is 5.91 Å². The van der Waals surface area contributed by atoms with Gasteiger partial charge in [-0.15, -0.1) is 10.2 Å². The van der Waals surface area contributed by atoms with E-state index in [0.717, 1.165) is 17.0 Å². The molecule has 0 fully saturated rings. The number of amides is 1. The summed E-state index contributed by atoms with van der Waals surface area (Å²) < 4.78 is 0. The molecule has 0 aliphatic rings. The predicted molar refractivity (Wildman–Crippen MR) is 82.0 cm³/mol. The Labute approximate surface area is 123 Å². The predicted octanol–water partition coefficient (Wildman–Crippen LogP) is 3.23. The topological polar surface area (TPSA) is 54.9 Å². The van der Waals surface area contributed by atoms with Gasteiger partial charge in [0.05, 0.1) is 6.42 Å². The van der Waals surface area contributed by atoms with Gasteiger partial charge in [-0.1, -0.05) is 55.0 Å². The van der Waals surface area contributed by atoms with Crippen molar-refractivity contribution < 1.29 is 4.79 Å². The van der Waals surface area contributed by atoms with Crippen molar-refractivity contribution in [1.29, 1.82) is 0 Å². The van der Waals surface area contributed by atoms with Crippen LogP contribution >= 0.6 is 11.3 Å². The first-order valence-corrected chi connectivity index (χ1v) is 7.52. The molecule has 0 spiro atoms. The van der Waals surface area contributed by atoms with E-state index in [9.17, 15) is 4.79 Å². The molecule has 4 nitrogen and oxygen atoms in total. The van der Waals surface area contributed by atoms with E-state index in [4.69, 9.17) is 0 Å². The van der Waals surface area contributed by atoms with Gasteiger partial charge >= 0.3 is 0 Å². The highest BCUT2D eigenvalue weighted by Crippen LogP contribution is 2.18. The third kappa shape index (κ3) is 4.42. The molecule has 106 valence electrons. The molecular weight excluding hydrogens is 270 g/mol. The van der Waals surface area contributed by atoms with Gasteiger partial charge in [0.1, 0.15) is 5.01 Å². The van der Waals surface area contributed by atoms with Crippen molar-refractivity contribution in [2.75, 3.05) is 5.32 Å². The first kappa shape index (κ1) is 14.7. The molecule has 0 atom stereocenters. The standard InChI is InChI=1S/C15H19N3OS/c1-10(2)8-14-17-18-15(20-14)16-13(19)9-12-6-4-11(3)5-7-12/h4-7,10H,8-9H2,1-3H3,(H,16,18,19). The average molecular weight is 289 g/mol. The first-order valence-electron chi connectivity index (χ1n) is 6.70. The first-order chi connectivity index (χ1) is 9.52. The Bertz CT molecular complexity index is 575. The summed E-state index contributed by atoms with van der Waals surface area (Å²) in [4.78, 5) is 11.9. The van der Waals surface area contributed by atoms with Crippen LogP contribution in [0.5, 0.6) is 0 Å². The van der Waals surface area contributed by atoms with Gasteiger partial charge in [0.15, 0.2) is 0 Å². The largest absolute Gasteiger partial charge is 0.300 e. The van der Waals surface area contributed by atoms with Crippen molar-refractivity contribution in [3.8, 4) is 0 Å². The molecule has 1 heterocycles. The Morgan fingerprint density at radius 3 is 2.60 bits per heavy atom. The van der Waals surface area contributed by atoms with Crippen molar-refractivity contribution in [3.05, 3.63) is 40.4 Å². The second kappa shape index (κ2) is 6.61. The summed E-state index contributed by atoms with van der Waals surface area (Å²) in [7, 11) is 0. The zero-order valence-corrected chi connectivity index (χ0v) is 12.8. The number of rotatable bonds is 5. The maximum atomic E-state index is 11.9. The molecule has 2 rings (SSSR count). The Kier molecular flexibility index (Phi) is 4.84. The van der Waals surface area contributed by atoms with Crippen LogP contribution in [0.15, 0.2) is 24.3 Å². The zero-order valence-electron chi connectivity index (χ0n) is 12.0. The monoisotopic (exact) mass is 289 g/mol. The van der Waals surface area contributed by atoms with Crippen molar-refractivity contribution in [3.63, 3.8) is 0 Å². The molecule has 0 bridgehead atoms. The zero-order chi connectivity index (χ0) is 14.5. The Balaban J connectivity index is 1.91. The lowest BCUT2D eigenvalue weighted by atomic mass is 10.1. The van der Waals surface area contributed by atoms with Crippen LogP contribution in [-0.2, 0) is 17.6 Å². The number of carbonyl (C=O) groups excluding carboxylic acids is 1. The number of carbonyl (C=O) groups is 1. The Hall–Kier alpha value is -1.75. The Morgan fingerprint density at radius 1 is 1.25 bits per heavy atom. The van der Waals surface area contributed by atoms with Gasteiger partial charge < -0.3 is 5.32 Å². The van der Waals surface area contributed by atoms with Crippen LogP contribution in [-0.4, -0.2) is 16.1 Å². The summed E-state index contributed by atoms with van der Waals surface area (Å²) in [6.45, 7) is 6.30. The van der Waals surface area contributed by atoms with Crippen LogP contribution < -0.4 is 5.32 Å². The van der Waals surface area contributed by atoms with Crippen molar-refractivity contribution in [2.24, 2.45) is 5.92 Å². The summed E-state index contributed by atoms with van der Waals surface area (Å²) in [5.74, 6) is 0.486. The number of anilines is 1. The fourth-order valence-electron chi connectivity index (χ4n) is 1.79. The fourth-order valence-corrected chi connectivity index (χ4v) is 2.76. The minimum Gasteiger partial charge on any atom is -0.300 e. The molecular formula is C15H19N3OS. The molecule has 20 heavy (non-hydrogen) atoms. The van der Waals surface area contributed by atoms with Crippen molar-refractivity contribution in [1.82, 2.24) is 10.2 Å². The molecule has 1 N–H and O–H groups in total. The van der Waals surface area contributed by atoms with Gasteiger partial charge in [0.2, 0.25) is 11.0 Å². The van der Waals surface area contributed by atoms with Gasteiger partial charge in [-0.05, 0) is 18.4 Å². The maximum absolute atomic E-state index is 11.9. The van der Waals surface area contributed by atoms with Crippen molar-refractivity contribution in [2.45, 2.75) is 33.6 Å². The number of hydrogen-bond acceptors (Lipinski definition) is 4. The Morgan fingerprint density at radius 2 is 1.95 bits per heavy atom. The molecule has 0 aliphatic heterocycles. The summed E-state index contributed by atoms with van der Waals surface area (Å²) >= 11 is 1.45. The minimum atomic E-state index is -0.0545. The SMILES string of the molecule is Cc1ccc(CC(=O)Nc2nnc(CC(C)C)s2)cc1. The van der Waals surface area contributed by atoms with Gasteiger partial charge in [-0.25, -0.2) is 0 Å². The summed E-state index contributed by atoms with van der Waals surface area (Å²) in [6, 6.07) is 7.96. The van der Waals surface area contributed by atoms with E-state index in [1.165, 1.54) is 16.9 Å². The van der Waals surface area contributed by atoms with E-state index in [2.05, 4.69) is 29.4 Å². The number of aromatic nitrogens is 2. The lowest BCUT2D eigenvalue weighted by Gasteiger charge is -2.02. The van der Waals surface area contributed by atoms with Crippen LogP contribution in [0.25, 0.3) is 0 Å². The van der Waals surface area contributed by atoms with Crippen LogP contribution in [0.1, 0.15) is 30.0 Å². The molecule has 2 aromatic rings. The lowest BCUT2D eigenvalue weighted by Crippen LogP contribution is -2.14. The maximum Gasteiger partial charge on any atom is 0.230 e. The molecule has 1 aromatic carbocycles. The normalized spacial score (nSPS) is 10.8. The summed E-state index contributed by atoms with van der Waals surface area (Å²) in [5, 5.41) is 12.4. The van der Waals surface area contributed by atoms with Crippen molar-refractivity contribution >= 4 is 22.4 Å². The summed E-state index contributed by atoms with van der Waals surface area (Å²) in [6.07, 6.45) is 1.25. The second-order valence-corrected chi connectivity index (χ2v) is 6.37. The third-order valence-corrected chi connectivity index (χ3v) is 3.64. The highest BCUT2D eigenvalue weighted by Gasteiger charge is 2.09. The van der Waals surface area contributed by atoms with Crippen LogP contribution in [0.4, 0.5) is 5.13 Å². The number of hydrogen-bond donors (Lipinski definition) is 1. The molecule has 1 aromatic heterocycles. The molecule has 0 saturated carbocycles. The second-order valence-electron chi connectivity index (χ2n) is 5.31. The minimum absolute atomic E-state index is 0.0545. The van der Waals surface area contributed by atoms with Gasteiger partial charge in [0.25, 0.3) is 0 Å². The van der Waals surface area contributed by atoms with E-state index >= 15 is 0 Å². The van der Waals surface area contributed by atoms with Gasteiger partial charge in [-0.3, -0.25) is 4.79 Å². The van der Waals surface area contributed by atoms with E-state index in [1.54, 1.807) is 0 Å². The van der Waals surface area contributed by atoms with Gasteiger partial charge in [0, 0.05) is 6.42 Å². The van der Waals surface area contributed by atoms with E-state index in [0.29, 0.717) is 17.5 Å². The van der Waals surface area contributed by atoms with E-state index in [1.807, 2.05) is 31.2 Å². The molecule has 0 unspecified atom stereocenters. The number of nitrogens with zero attached hydrogens (tertiary/aromatic N) is 2. The molecule has 0 saturated heterocycles. The number of benzene rings is 1. The molecule has 0 radical (unpaired) electrons. The third-order valence-electron chi connectivity index (χ3n) is 2.78. The lowest BCUT2D eigenvalue weighted by molar-refractivity contribution is -0.115. The quantitative estimate of drug-likeness (QED) is 0.919. The average Bonchev–Trinajstić information content (AvgIpc) is 2.78. The summed E-state index contributed by atoms with van der Waals surface area (Å²) in [5.41, 5.74) is 2.19. The fraction of sp³-hybridized carbons (Fsp3) is 0.400. The number of aryl methyl sites for hydroxylation is 1. The molecule has 5 heteroatoms. The van der Waals surface area contributed by atoms with Gasteiger partial charge in [-0.2, -0.15) is 0 Å². The van der Waals surface area contributed by atoms with Crippen LogP contribution in [0, 0.1) is 12.8 Å². The molecule has 0 aliphatic carbocycles. The van der Waals surface area contributed by atoms with Crippen LogP contribution in [0.2, 0.25) is 0 Å². The highest BCUT2D eigenvalue weighted by atomic mass is 32.1. The number of nitrogens with one attached hydrogen (secondary N) is 1. The molecule has 1 amide bonds. The van der Waals surface area contributed by atoms with E-state index < -0.39 is 0 Å². The highest BCUT2D eigenvalue weighted by molar-refractivity contribution is 7.15. The smallest absolute Gasteiger partial charge is 0.230 e. The van der Waals surface area contributed by atoms with Crippen LogP contribution in [0.3, 0.4) is 0 Å².